The number of hydrogen-bond donors (Lipinski definition) is 2. The molecule has 0 aliphatic carbocycles. The minimum absolute atomic E-state index is 0.323. The van der Waals surface area contributed by atoms with Crippen LogP contribution in [0.3, 0.4) is 0 Å². The second kappa shape index (κ2) is 7.91. The summed E-state index contributed by atoms with van der Waals surface area (Å²) in [6, 6.07) is 6.39. The summed E-state index contributed by atoms with van der Waals surface area (Å²) >= 11 is 3.39. The van der Waals surface area contributed by atoms with E-state index in [9.17, 15) is 9.90 Å². The number of carbonyl (C=O) groups is 1. The topological polar surface area (TPSA) is 101 Å². The van der Waals surface area contributed by atoms with Gasteiger partial charge in [0.1, 0.15) is 12.4 Å². The molecule has 0 fully saturated rings. The number of carboxylic acid groups (broad SMARTS) is 1. The van der Waals surface area contributed by atoms with Crippen molar-refractivity contribution < 1.29 is 9.90 Å². The zero-order valence-electron chi connectivity index (χ0n) is 13.0. The summed E-state index contributed by atoms with van der Waals surface area (Å²) in [5, 5.41) is 12.5. The van der Waals surface area contributed by atoms with Gasteiger partial charge in [0.2, 0.25) is 0 Å². The number of aromatic nitrogens is 4. The zero-order valence-corrected chi connectivity index (χ0v) is 14.6. The molecule has 7 nitrogen and oxygen atoms in total. The van der Waals surface area contributed by atoms with Gasteiger partial charge in [-0.1, -0.05) is 34.1 Å². The standard InChI is InChI=1S/C17H14BrN5O2/c18-14-4-2-1-3-13(14)15(17(24)25)21-5-11-6-22-16(23-7-11)12-8-19-10-20-9-12/h1-4,6-10,15,21H,5H2,(H,24,25). The van der Waals surface area contributed by atoms with Gasteiger partial charge in [0, 0.05) is 41.4 Å². The van der Waals surface area contributed by atoms with Gasteiger partial charge < -0.3 is 5.11 Å². The molecule has 1 aromatic carbocycles. The third-order valence-electron chi connectivity index (χ3n) is 3.50. The molecule has 2 aromatic heterocycles. The molecule has 0 aliphatic heterocycles. The monoisotopic (exact) mass is 399 g/mol. The third-order valence-corrected chi connectivity index (χ3v) is 4.22. The van der Waals surface area contributed by atoms with E-state index in [2.05, 4.69) is 41.2 Å². The fraction of sp³-hybridized carbons (Fsp3) is 0.118. The molecule has 0 saturated heterocycles. The van der Waals surface area contributed by atoms with Gasteiger partial charge in [-0.15, -0.1) is 0 Å². The molecule has 0 saturated carbocycles. The molecule has 8 heteroatoms. The van der Waals surface area contributed by atoms with Crippen LogP contribution < -0.4 is 5.32 Å². The van der Waals surface area contributed by atoms with Crippen molar-refractivity contribution in [3.05, 3.63) is 71.0 Å². The van der Waals surface area contributed by atoms with E-state index in [0.29, 0.717) is 17.9 Å². The highest BCUT2D eigenvalue weighted by atomic mass is 79.9. The SMILES string of the molecule is O=C(O)C(NCc1cnc(-c2cncnc2)nc1)c1ccccc1Br. The molecule has 25 heavy (non-hydrogen) atoms. The first-order valence-electron chi connectivity index (χ1n) is 7.42. The predicted molar refractivity (Wildman–Crippen MR) is 94.4 cm³/mol. The number of benzene rings is 1. The molecular formula is C17H14BrN5O2. The van der Waals surface area contributed by atoms with E-state index in [1.54, 1.807) is 36.9 Å². The molecule has 0 aliphatic rings. The Morgan fingerprint density at radius 1 is 1.12 bits per heavy atom. The summed E-state index contributed by atoms with van der Waals surface area (Å²) in [6.07, 6.45) is 8.01. The Kier molecular flexibility index (Phi) is 5.42. The Labute approximate surface area is 152 Å². The summed E-state index contributed by atoms with van der Waals surface area (Å²) in [7, 11) is 0. The molecule has 0 radical (unpaired) electrons. The second-order valence-corrected chi connectivity index (χ2v) is 6.07. The number of hydrogen-bond acceptors (Lipinski definition) is 6. The largest absolute Gasteiger partial charge is 0.480 e. The Hall–Kier alpha value is -2.71. The lowest BCUT2D eigenvalue weighted by molar-refractivity contribution is -0.139. The maximum Gasteiger partial charge on any atom is 0.325 e. The van der Waals surface area contributed by atoms with Gasteiger partial charge in [-0.05, 0) is 11.6 Å². The van der Waals surface area contributed by atoms with E-state index in [1.807, 2.05) is 12.1 Å². The predicted octanol–water partition coefficient (Wildman–Crippen LogP) is 2.61. The van der Waals surface area contributed by atoms with Gasteiger partial charge in [-0.25, -0.2) is 19.9 Å². The fourth-order valence-corrected chi connectivity index (χ4v) is 2.78. The van der Waals surface area contributed by atoms with Crippen LogP contribution in [0.25, 0.3) is 11.4 Å². The molecule has 3 aromatic rings. The minimum Gasteiger partial charge on any atom is -0.480 e. The number of carboxylic acids is 1. The van der Waals surface area contributed by atoms with Crippen molar-refractivity contribution in [2.45, 2.75) is 12.6 Å². The Morgan fingerprint density at radius 3 is 2.44 bits per heavy atom. The van der Waals surface area contributed by atoms with Crippen LogP contribution >= 0.6 is 15.9 Å². The molecule has 0 amide bonds. The van der Waals surface area contributed by atoms with Crippen molar-refractivity contribution in [1.29, 1.82) is 0 Å². The lowest BCUT2D eigenvalue weighted by Gasteiger charge is -2.16. The Morgan fingerprint density at radius 2 is 1.80 bits per heavy atom. The lowest BCUT2D eigenvalue weighted by atomic mass is 10.1. The van der Waals surface area contributed by atoms with E-state index in [-0.39, 0.29) is 0 Å². The first-order valence-corrected chi connectivity index (χ1v) is 8.21. The van der Waals surface area contributed by atoms with Crippen LogP contribution in [0.1, 0.15) is 17.2 Å². The van der Waals surface area contributed by atoms with E-state index < -0.39 is 12.0 Å². The van der Waals surface area contributed by atoms with Gasteiger partial charge in [-0.3, -0.25) is 10.1 Å². The van der Waals surface area contributed by atoms with Crippen LogP contribution in [0.5, 0.6) is 0 Å². The fourth-order valence-electron chi connectivity index (χ4n) is 2.27. The molecule has 2 heterocycles. The van der Waals surface area contributed by atoms with Crippen LogP contribution in [0.2, 0.25) is 0 Å². The van der Waals surface area contributed by atoms with E-state index >= 15 is 0 Å². The smallest absolute Gasteiger partial charge is 0.325 e. The van der Waals surface area contributed by atoms with E-state index in [0.717, 1.165) is 15.6 Å². The minimum atomic E-state index is -0.953. The van der Waals surface area contributed by atoms with Gasteiger partial charge in [-0.2, -0.15) is 0 Å². The molecular weight excluding hydrogens is 386 g/mol. The van der Waals surface area contributed by atoms with Gasteiger partial charge >= 0.3 is 5.97 Å². The summed E-state index contributed by atoms with van der Waals surface area (Å²) in [4.78, 5) is 28.0. The normalized spacial score (nSPS) is 11.9. The zero-order chi connectivity index (χ0) is 17.6. The number of halogens is 1. The number of aliphatic carboxylic acids is 1. The maximum atomic E-state index is 11.6. The van der Waals surface area contributed by atoms with Crippen LogP contribution in [-0.2, 0) is 11.3 Å². The van der Waals surface area contributed by atoms with Crippen LogP contribution in [0.15, 0.2) is 59.9 Å². The molecule has 0 bridgehead atoms. The van der Waals surface area contributed by atoms with Crippen molar-refractivity contribution in [3.8, 4) is 11.4 Å². The second-order valence-electron chi connectivity index (χ2n) is 5.22. The Bertz CT molecular complexity index is 858. The van der Waals surface area contributed by atoms with Crippen LogP contribution in [-0.4, -0.2) is 31.0 Å². The van der Waals surface area contributed by atoms with E-state index in [4.69, 9.17) is 0 Å². The van der Waals surface area contributed by atoms with Gasteiger partial charge in [0.05, 0.1) is 5.56 Å². The Balaban J connectivity index is 1.71. The third kappa shape index (κ3) is 4.23. The van der Waals surface area contributed by atoms with E-state index in [1.165, 1.54) is 6.33 Å². The quantitative estimate of drug-likeness (QED) is 0.656. The molecule has 0 spiro atoms. The number of rotatable bonds is 6. The molecule has 3 rings (SSSR count). The van der Waals surface area contributed by atoms with Crippen molar-refractivity contribution in [3.63, 3.8) is 0 Å². The van der Waals surface area contributed by atoms with Gasteiger partial charge in [0.15, 0.2) is 5.82 Å². The first kappa shape index (κ1) is 17.1. The van der Waals surface area contributed by atoms with Crippen molar-refractivity contribution in [2.24, 2.45) is 0 Å². The highest BCUT2D eigenvalue weighted by molar-refractivity contribution is 9.10. The van der Waals surface area contributed by atoms with Crippen LogP contribution in [0, 0.1) is 0 Å². The van der Waals surface area contributed by atoms with Crippen molar-refractivity contribution >= 4 is 21.9 Å². The van der Waals surface area contributed by atoms with Crippen molar-refractivity contribution in [1.82, 2.24) is 25.3 Å². The highest BCUT2D eigenvalue weighted by Gasteiger charge is 2.21. The van der Waals surface area contributed by atoms with Crippen LogP contribution in [0.4, 0.5) is 0 Å². The highest BCUT2D eigenvalue weighted by Crippen LogP contribution is 2.23. The summed E-state index contributed by atoms with van der Waals surface area (Å²) in [5.41, 5.74) is 2.16. The van der Waals surface area contributed by atoms with Crippen molar-refractivity contribution in [2.75, 3.05) is 0 Å². The molecule has 2 N–H and O–H groups in total. The average Bonchev–Trinajstić information content (AvgIpc) is 2.64. The summed E-state index contributed by atoms with van der Waals surface area (Å²) in [5.74, 6) is -0.434. The first-order chi connectivity index (χ1) is 12.1. The number of nitrogens with one attached hydrogen (secondary N) is 1. The maximum absolute atomic E-state index is 11.6. The summed E-state index contributed by atoms with van der Waals surface area (Å²) in [6.45, 7) is 0.323. The van der Waals surface area contributed by atoms with Gasteiger partial charge in [0.25, 0.3) is 0 Å². The molecule has 1 atom stereocenters. The average molecular weight is 400 g/mol. The molecule has 126 valence electrons. The number of nitrogens with zero attached hydrogens (tertiary/aromatic N) is 4. The lowest BCUT2D eigenvalue weighted by Crippen LogP contribution is -2.28. The molecule has 1 unspecified atom stereocenters. The summed E-state index contributed by atoms with van der Waals surface area (Å²) < 4.78 is 0.741.